The molecule has 22 heavy (non-hydrogen) atoms. The number of methoxy groups -OCH3 is 1. The molecule has 3 rings (SSSR count). The lowest BCUT2D eigenvalue weighted by atomic mass is 9.79. The first-order valence-corrected chi connectivity index (χ1v) is 8.09. The Bertz CT molecular complexity index is 693. The Labute approximate surface area is 131 Å². The average molecular weight is 297 g/mol. The van der Waals surface area contributed by atoms with Crippen LogP contribution in [0, 0.1) is 0 Å². The van der Waals surface area contributed by atoms with E-state index in [0.29, 0.717) is 12.3 Å². The highest BCUT2D eigenvalue weighted by Gasteiger charge is 2.25. The van der Waals surface area contributed by atoms with Crippen molar-refractivity contribution in [3.05, 3.63) is 41.5 Å². The largest absolute Gasteiger partial charge is 0.496 e. The third-order valence-corrected chi connectivity index (χ3v) is 4.55. The van der Waals surface area contributed by atoms with Crippen molar-refractivity contribution in [1.82, 2.24) is 5.32 Å². The van der Waals surface area contributed by atoms with Crippen molar-refractivity contribution in [2.45, 2.75) is 38.5 Å². The van der Waals surface area contributed by atoms with Gasteiger partial charge in [0.2, 0.25) is 5.91 Å². The third-order valence-electron chi connectivity index (χ3n) is 4.55. The summed E-state index contributed by atoms with van der Waals surface area (Å²) in [5.74, 6) is 1.43. The number of carbonyl (C=O) groups is 1. The van der Waals surface area contributed by atoms with Crippen LogP contribution in [0.5, 0.6) is 5.75 Å². The smallest absolute Gasteiger partial charge is 0.220 e. The van der Waals surface area contributed by atoms with Crippen molar-refractivity contribution in [2.75, 3.05) is 13.7 Å². The predicted molar refractivity (Wildman–Crippen MR) is 89.5 cm³/mol. The van der Waals surface area contributed by atoms with Gasteiger partial charge in [0, 0.05) is 18.5 Å². The summed E-state index contributed by atoms with van der Waals surface area (Å²) in [7, 11) is 1.73. The maximum Gasteiger partial charge on any atom is 0.220 e. The predicted octanol–water partition coefficient (Wildman–Crippen LogP) is 3.79. The second-order valence-corrected chi connectivity index (χ2v) is 5.98. The Morgan fingerprint density at radius 3 is 2.95 bits per heavy atom. The molecule has 1 unspecified atom stereocenters. The van der Waals surface area contributed by atoms with Gasteiger partial charge in [-0.2, -0.15) is 0 Å². The van der Waals surface area contributed by atoms with Crippen molar-refractivity contribution in [3.8, 4) is 5.75 Å². The number of ether oxygens (including phenoxy) is 1. The number of nitrogens with one attached hydrogen (secondary N) is 1. The summed E-state index contributed by atoms with van der Waals surface area (Å²) < 4.78 is 5.52. The van der Waals surface area contributed by atoms with Crippen LogP contribution in [0.2, 0.25) is 0 Å². The fourth-order valence-corrected chi connectivity index (χ4v) is 3.49. The van der Waals surface area contributed by atoms with Gasteiger partial charge < -0.3 is 10.1 Å². The number of rotatable bonds is 5. The van der Waals surface area contributed by atoms with Gasteiger partial charge >= 0.3 is 0 Å². The zero-order valence-electron chi connectivity index (χ0n) is 13.3. The first-order valence-electron chi connectivity index (χ1n) is 8.09. The molecule has 3 nitrogen and oxygen atoms in total. The molecule has 0 saturated heterocycles. The summed E-state index contributed by atoms with van der Waals surface area (Å²) >= 11 is 0. The molecule has 3 heteroatoms. The van der Waals surface area contributed by atoms with Gasteiger partial charge in [0.05, 0.1) is 7.11 Å². The minimum absolute atomic E-state index is 0.162. The van der Waals surface area contributed by atoms with Gasteiger partial charge in [0.1, 0.15) is 5.75 Å². The zero-order chi connectivity index (χ0) is 15.5. The molecule has 2 aromatic rings. The monoisotopic (exact) mass is 297 g/mol. The first kappa shape index (κ1) is 14.9. The topological polar surface area (TPSA) is 38.3 Å². The molecule has 0 spiro atoms. The van der Waals surface area contributed by atoms with Crippen LogP contribution in [0.1, 0.15) is 43.2 Å². The number of hydrogen-bond acceptors (Lipinski definition) is 2. The Balaban J connectivity index is 1.96. The van der Waals surface area contributed by atoms with Crippen LogP contribution in [0.3, 0.4) is 0 Å². The fourth-order valence-electron chi connectivity index (χ4n) is 3.49. The molecule has 0 heterocycles. The second kappa shape index (κ2) is 6.39. The molecular weight excluding hydrogens is 274 g/mol. The highest BCUT2D eigenvalue weighted by Crippen LogP contribution is 2.41. The Kier molecular flexibility index (Phi) is 4.32. The van der Waals surface area contributed by atoms with Crippen LogP contribution in [0.15, 0.2) is 30.3 Å². The molecule has 1 aliphatic rings. The summed E-state index contributed by atoms with van der Waals surface area (Å²) in [5.41, 5.74) is 2.59. The molecule has 1 atom stereocenters. The summed E-state index contributed by atoms with van der Waals surface area (Å²) in [6.45, 7) is 2.84. The van der Waals surface area contributed by atoms with Crippen LogP contribution in [0.25, 0.3) is 10.8 Å². The summed E-state index contributed by atoms with van der Waals surface area (Å²) in [6.07, 6.45) is 3.54. The van der Waals surface area contributed by atoms with E-state index in [-0.39, 0.29) is 5.91 Å². The van der Waals surface area contributed by atoms with Gasteiger partial charge in [-0.1, -0.05) is 31.2 Å². The van der Waals surface area contributed by atoms with E-state index in [1.54, 1.807) is 7.11 Å². The Hall–Kier alpha value is -2.03. The van der Waals surface area contributed by atoms with Crippen molar-refractivity contribution in [3.63, 3.8) is 0 Å². The Morgan fingerprint density at radius 2 is 2.18 bits per heavy atom. The average Bonchev–Trinajstić information content (AvgIpc) is 2.55. The minimum atomic E-state index is 0.162. The number of carbonyl (C=O) groups excluding carboxylic acids is 1. The molecule has 0 saturated carbocycles. The van der Waals surface area contributed by atoms with E-state index in [2.05, 4.69) is 42.6 Å². The first-order chi connectivity index (χ1) is 10.7. The fraction of sp³-hybridized carbons (Fsp3) is 0.421. The molecule has 0 aliphatic heterocycles. The number of amides is 1. The third kappa shape index (κ3) is 2.68. The lowest BCUT2D eigenvalue weighted by Crippen LogP contribution is -2.26. The van der Waals surface area contributed by atoms with Gasteiger partial charge in [-0.3, -0.25) is 4.79 Å². The molecule has 0 aromatic heterocycles. The van der Waals surface area contributed by atoms with Crippen molar-refractivity contribution in [1.29, 1.82) is 0 Å². The van der Waals surface area contributed by atoms with Crippen molar-refractivity contribution < 1.29 is 9.53 Å². The molecule has 2 aromatic carbocycles. The molecule has 1 aliphatic carbocycles. The summed E-state index contributed by atoms with van der Waals surface area (Å²) in [4.78, 5) is 12.1. The van der Waals surface area contributed by atoms with Crippen LogP contribution >= 0.6 is 0 Å². The number of benzene rings is 2. The van der Waals surface area contributed by atoms with Crippen molar-refractivity contribution >= 4 is 16.7 Å². The van der Waals surface area contributed by atoms with Gasteiger partial charge in [-0.15, -0.1) is 0 Å². The van der Waals surface area contributed by atoms with Crippen LogP contribution in [0.4, 0.5) is 0 Å². The van der Waals surface area contributed by atoms with E-state index in [1.807, 2.05) is 0 Å². The van der Waals surface area contributed by atoms with Gasteiger partial charge in [-0.25, -0.2) is 0 Å². The molecule has 0 fully saturated rings. The van der Waals surface area contributed by atoms with Gasteiger partial charge in [0.25, 0.3) is 0 Å². The standard InChI is InChI=1S/C19H23NO2/c1-3-11-20-18(21)12-14-7-9-16-17(22-2)10-8-13-5-4-6-15(14)19(13)16/h4-6,8,10,14H,3,7,9,11-12H2,1-2H3,(H,20,21). The molecule has 116 valence electrons. The van der Waals surface area contributed by atoms with E-state index in [0.717, 1.165) is 31.6 Å². The zero-order valence-corrected chi connectivity index (χ0v) is 13.3. The van der Waals surface area contributed by atoms with Crippen LogP contribution in [-0.4, -0.2) is 19.6 Å². The van der Waals surface area contributed by atoms with E-state index in [1.165, 1.54) is 21.9 Å². The Morgan fingerprint density at radius 1 is 1.32 bits per heavy atom. The maximum absolute atomic E-state index is 12.1. The lowest BCUT2D eigenvalue weighted by molar-refractivity contribution is -0.121. The highest BCUT2D eigenvalue weighted by atomic mass is 16.5. The van der Waals surface area contributed by atoms with E-state index in [4.69, 9.17) is 4.74 Å². The SMILES string of the molecule is CCCNC(=O)CC1CCc2c(OC)ccc3cccc1c23. The molecule has 0 bridgehead atoms. The molecule has 1 N–H and O–H groups in total. The summed E-state index contributed by atoms with van der Waals surface area (Å²) in [6, 6.07) is 10.6. The van der Waals surface area contributed by atoms with E-state index >= 15 is 0 Å². The van der Waals surface area contributed by atoms with E-state index in [9.17, 15) is 4.79 Å². The molecule has 0 radical (unpaired) electrons. The minimum Gasteiger partial charge on any atom is -0.496 e. The molecular formula is C19H23NO2. The second-order valence-electron chi connectivity index (χ2n) is 5.98. The van der Waals surface area contributed by atoms with Crippen molar-refractivity contribution in [2.24, 2.45) is 0 Å². The van der Waals surface area contributed by atoms with Crippen LogP contribution < -0.4 is 10.1 Å². The summed E-state index contributed by atoms with van der Waals surface area (Å²) in [5, 5.41) is 5.53. The highest BCUT2D eigenvalue weighted by molar-refractivity contribution is 5.92. The lowest BCUT2D eigenvalue weighted by Gasteiger charge is -2.26. The quantitative estimate of drug-likeness (QED) is 0.911. The van der Waals surface area contributed by atoms with E-state index < -0.39 is 0 Å². The van der Waals surface area contributed by atoms with Gasteiger partial charge in [-0.05, 0) is 47.6 Å². The number of aryl methyl sites for hydroxylation is 1. The normalized spacial score (nSPS) is 16.5. The molecule has 1 amide bonds. The number of hydrogen-bond donors (Lipinski definition) is 1. The van der Waals surface area contributed by atoms with Crippen LogP contribution in [-0.2, 0) is 11.2 Å². The van der Waals surface area contributed by atoms with Gasteiger partial charge in [0.15, 0.2) is 0 Å². The maximum atomic E-state index is 12.1.